The summed E-state index contributed by atoms with van der Waals surface area (Å²) in [6.07, 6.45) is 2.15. The highest BCUT2D eigenvalue weighted by Gasteiger charge is 2.30. The average Bonchev–Trinajstić information content (AvgIpc) is 2.89. The van der Waals surface area contributed by atoms with Gasteiger partial charge in [-0.05, 0) is 73.8 Å². The van der Waals surface area contributed by atoms with E-state index in [-0.39, 0.29) is 36.0 Å². The number of hydrogen-bond donors (Lipinski definition) is 0. The van der Waals surface area contributed by atoms with Crippen LogP contribution in [0.15, 0.2) is 36.4 Å². The first-order chi connectivity index (χ1) is 17.2. The molecule has 196 valence electrons. The molecule has 8 heteroatoms. The molecule has 1 saturated carbocycles. The third kappa shape index (κ3) is 6.80. The second-order valence-corrected chi connectivity index (χ2v) is 9.24. The normalized spacial score (nSPS) is 19.3. The molecule has 2 aromatic carbocycles. The number of alkyl halides is 1. The van der Waals surface area contributed by atoms with E-state index in [9.17, 15) is 22.8 Å². The molecule has 0 N–H and O–H groups in total. The van der Waals surface area contributed by atoms with Crippen LogP contribution in [-0.2, 0) is 9.53 Å². The maximum absolute atomic E-state index is 14.4. The van der Waals surface area contributed by atoms with Crippen molar-refractivity contribution in [3.63, 3.8) is 0 Å². The number of carbonyl (C=O) groups is 2. The maximum Gasteiger partial charge on any atom is 0.346 e. The second kappa shape index (κ2) is 12.8. The SMILES string of the molecule is CCCOc1ccc(C(=O)Oc2ccc([C@H]3CC[C@H](OC(=O)[C@@H](F)[C@@H](C)CC)CC3)cc2)c(F)c1F. The molecule has 0 amide bonds. The van der Waals surface area contributed by atoms with Gasteiger partial charge in [0.1, 0.15) is 11.9 Å². The van der Waals surface area contributed by atoms with Gasteiger partial charge in [0.05, 0.1) is 12.2 Å². The number of ether oxygens (including phenoxy) is 3. The van der Waals surface area contributed by atoms with Crippen molar-refractivity contribution in [1.29, 1.82) is 0 Å². The predicted octanol–water partition coefficient (Wildman–Crippen LogP) is 6.93. The standard InChI is InChI=1S/C28H33F3O5/c1-4-16-34-23-15-14-22(25(30)26(23)31)27(32)35-20-10-6-18(7-11-20)19-8-12-21(13-9-19)36-28(33)24(29)17(3)5-2/h6-7,10-11,14-15,17,19,21,24H,4-5,8-9,12-13,16H2,1-3H3/t17-,19-,21-,24-/m0/s1. The summed E-state index contributed by atoms with van der Waals surface area (Å²) < 4.78 is 58.3. The van der Waals surface area contributed by atoms with Gasteiger partial charge in [-0.2, -0.15) is 4.39 Å². The van der Waals surface area contributed by atoms with Crippen molar-refractivity contribution in [2.75, 3.05) is 6.61 Å². The van der Waals surface area contributed by atoms with E-state index in [0.717, 1.165) is 24.5 Å². The molecule has 0 unspecified atom stereocenters. The lowest BCUT2D eigenvalue weighted by Gasteiger charge is -2.29. The minimum absolute atomic E-state index is 0.205. The summed E-state index contributed by atoms with van der Waals surface area (Å²) >= 11 is 0. The molecule has 5 nitrogen and oxygen atoms in total. The van der Waals surface area contributed by atoms with Gasteiger partial charge in [-0.25, -0.2) is 18.4 Å². The highest BCUT2D eigenvalue weighted by molar-refractivity contribution is 5.91. The first-order valence-corrected chi connectivity index (χ1v) is 12.5. The predicted molar refractivity (Wildman–Crippen MR) is 129 cm³/mol. The molecule has 0 radical (unpaired) electrons. The third-order valence-corrected chi connectivity index (χ3v) is 6.62. The second-order valence-electron chi connectivity index (χ2n) is 9.24. The van der Waals surface area contributed by atoms with Crippen molar-refractivity contribution < 1.29 is 37.0 Å². The maximum atomic E-state index is 14.4. The first kappa shape index (κ1) is 27.6. The number of esters is 2. The van der Waals surface area contributed by atoms with E-state index in [4.69, 9.17) is 14.2 Å². The molecule has 1 fully saturated rings. The minimum Gasteiger partial charge on any atom is -0.490 e. The summed E-state index contributed by atoms with van der Waals surface area (Å²) in [5.41, 5.74) is 0.509. The van der Waals surface area contributed by atoms with E-state index >= 15 is 0 Å². The Hall–Kier alpha value is -3.03. The van der Waals surface area contributed by atoms with Crippen LogP contribution >= 0.6 is 0 Å². The van der Waals surface area contributed by atoms with Gasteiger partial charge < -0.3 is 14.2 Å². The number of benzene rings is 2. The van der Waals surface area contributed by atoms with Crippen LogP contribution < -0.4 is 9.47 Å². The van der Waals surface area contributed by atoms with Gasteiger partial charge in [0.25, 0.3) is 0 Å². The molecule has 36 heavy (non-hydrogen) atoms. The molecule has 0 aliphatic heterocycles. The minimum atomic E-state index is -1.60. The monoisotopic (exact) mass is 506 g/mol. The quantitative estimate of drug-likeness (QED) is 0.258. The van der Waals surface area contributed by atoms with E-state index in [1.54, 1.807) is 19.1 Å². The van der Waals surface area contributed by atoms with E-state index in [1.165, 1.54) is 6.07 Å². The highest BCUT2D eigenvalue weighted by Crippen LogP contribution is 2.35. The summed E-state index contributed by atoms with van der Waals surface area (Å²) in [7, 11) is 0. The number of carbonyl (C=O) groups excluding carboxylic acids is 2. The van der Waals surface area contributed by atoms with Crippen molar-refractivity contribution in [1.82, 2.24) is 0 Å². The smallest absolute Gasteiger partial charge is 0.346 e. The topological polar surface area (TPSA) is 61.8 Å². The molecular formula is C28H33F3O5. The van der Waals surface area contributed by atoms with Gasteiger partial charge in [-0.15, -0.1) is 0 Å². The van der Waals surface area contributed by atoms with Crippen LogP contribution in [-0.4, -0.2) is 30.8 Å². The van der Waals surface area contributed by atoms with E-state index in [2.05, 4.69) is 0 Å². The average molecular weight is 507 g/mol. The van der Waals surface area contributed by atoms with E-state index in [0.29, 0.717) is 25.7 Å². The summed E-state index contributed by atoms with van der Waals surface area (Å²) in [5, 5.41) is 0. The fourth-order valence-electron chi connectivity index (χ4n) is 4.17. The van der Waals surface area contributed by atoms with Crippen LogP contribution in [0, 0.1) is 17.6 Å². The Morgan fingerprint density at radius 2 is 1.64 bits per heavy atom. The molecule has 0 saturated heterocycles. The summed E-state index contributed by atoms with van der Waals surface area (Å²) in [6, 6.07) is 9.19. The summed E-state index contributed by atoms with van der Waals surface area (Å²) in [6.45, 7) is 5.60. The van der Waals surface area contributed by atoms with Crippen molar-refractivity contribution in [2.45, 2.75) is 77.5 Å². The lowest BCUT2D eigenvalue weighted by atomic mass is 9.82. The Bertz CT molecular complexity index is 1030. The molecule has 1 aliphatic carbocycles. The Morgan fingerprint density at radius 1 is 0.972 bits per heavy atom. The largest absolute Gasteiger partial charge is 0.490 e. The van der Waals surface area contributed by atoms with Crippen LogP contribution in [0.4, 0.5) is 13.2 Å². The summed E-state index contributed by atoms with van der Waals surface area (Å²) in [4.78, 5) is 24.4. The van der Waals surface area contributed by atoms with Crippen molar-refractivity contribution >= 4 is 11.9 Å². The Labute approximate surface area is 209 Å². The van der Waals surface area contributed by atoms with Crippen LogP contribution in [0.1, 0.15) is 81.1 Å². The number of halogens is 3. The van der Waals surface area contributed by atoms with Crippen molar-refractivity contribution in [3.8, 4) is 11.5 Å². The molecule has 2 atom stereocenters. The van der Waals surface area contributed by atoms with Crippen molar-refractivity contribution in [2.24, 2.45) is 5.92 Å². The fraction of sp³-hybridized carbons (Fsp3) is 0.500. The van der Waals surface area contributed by atoms with Crippen LogP contribution in [0.3, 0.4) is 0 Å². The molecule has 2 aromatic rings. The zero-order valence-electron chi connectivity index (χ0n) is 20.9. The van der Waals surface area contributed by atoms with E-state index < -0.39 is 35.3 Å². The van der Waals surface area contributed by atoms with Crippen LogP contribution in [0.25, 0.3) is 0 Å². The first-order valence-electron chi connectivity index (χ1n) is 12.5. The van der Waals surface area contributed by atoms with Gasteiger partial charge in [0, 0.05) is 0 Å². The zero-order valence-corrected chi connectivity index (χ0v) is 20.9. The Morgan fingerprint density at radius 3 is 2.25 bits per heavy atom. The van der Waals surface area contributed by atoms with Crippen molar-refractivity contribution in [3.05, 3.63) is 59.2 Å². The Kier molecular flexibility index (Phi) is 9.79. The van der Waals surface area contributed by atoms with Gasteiger partial charge in [0.2, 0.25) is 5.82 Å². The van der Waals surface area contributed by atoms with Gasteiger partial charge >= 0.3 is 11.9 Å². The molecule has 0 spiro atoms. The molecule has 0 heterocycles. The molecule has 1 aliphatic rings. The number of hydrogen-bond acceptors (Lipinski definition) is 5. The van der Waals surface area contributed by atoms with E-state index in [1.807, 2.05) is 26.0 Å². The molecule has 0 bridgehead atoms. The zero-order chi connectivity index (χ0) is 26.2. The molecule has 3 rings (SSSR count). The van der Waals surface area contributed by atoms with Gasteiger partial charge in [-0.3, -0.25) is 0 Å². The highest BCUT2D eigenvalue weighted by atomic mass is 19.2. The van der Waals surface area contributed by atoms with Gasteiger partial charge in [0.15, 0.2) is 17.7 Å². The lowest BCUT2D eigenvalue weighted by Crippen LogP contribution is -2.31. The van der Waals surface area contributed by atoms with Crippen LogP contribution in [0.2, 0.25) is 0 Å². The molecule has 0 aromatic heterocycles. The Balaban J connectivity index is 1.54. The van der Waals surface area contributed by atoms with Gasteiger partial charge in [-0.1, -0.05) is 39.3 Å². The third-order valence-electron chi connectivity index (χ3n) is 6.62. The summed E-state index contributed by atoms with van der Waals surface area (Å²) in [5.74, 6) is -4.51. The lowest BCUT2D eigenvalue weighted by molar-refractivity contribution is -0.158. The molecular weight excluding hydrogens is 473 g/mol. The fourth-order valence-corrected chi connectivity index (χ4v) is 4.17. The van der Waals surface area contributed by atoms with Crippen LogP contribution in [0.5, 0.6) is 11.5 Å². The number of rotatable bonds is 10.